The van der Waals surface area contributed by atoms with Gasteiger partial charge in [-0.3, -0.25) is 14.5 Å². The Kier molecular flexibility index (Phi) is 6.20. The number of nitrogens with two attached hydrogens (primary N) is 1. The number of carbonyl (C=O) groups excluding carboxylic acids is 2. The maximum absolute atomic E-state index is 12.6. The van der Waals surface area contributed by atoms with E-state index >= 15 is 0 Å². The molecule has 0 aromatic carbocycles. The van der Waals surface area contributed by atoms with Gasteiger partial charge in [-0.1, -0.05) is 15.7 Å². The molecule has 2 amide bonds. The molecule has 2 atom stereocenters. The monoisotopic (exact) mass is 493 g/mol. The number of hydrogen-bond acceptors (Lipinski definition) is 12. The van der Waals surface area contributed by atoms with Gasteiger partial charge >= 0.3 is 5.97 Å². The van der Waals surface area contributed by atoms with Gasteiger partial charge in [0.25, 0.3) is 17.7 Å². The third-order valence-corrected chi connectivity index (χ3v) is 7.05. The Morgan fingerprint density at radius 3 is 2.91 bits per heavy atom. The molecule has 0 aliphatic carbocycles. The van der Waals surface area contributed by atoms with Crippen molar-refractivity contribution in [3.8, 4) is 5.88 Å². The van der Waals surface area contributed by atoms with E-state index < -0.39 is 29.2 Å². The number of allylic oxidation sites excluding steroid dienone is 1. The second-order valence-corrected chi connectivity index (χ2v) is 9.43. The van der Waals surface area contributed by atoms with Gasteiger partial charge in [-0.25, -0.2) is 4.79 Å². The number of aliphatic carboxylic acids is 1. The summed E-state index contributed by atoms with van der Waals surface area (Å²) in [7, 11) is 0. The first-order chi connectivity index (χ1) is 15.3. The fourth-order valence-corrected chi connectivity index (χ4v) is 5.21. The van der Waals surface area contributed by atoms with Crippen LogP contribution >= 0.6 is 34.6 Å². The van der Waals surface area contributed by atoms with E-state index in [1.165, 1.54) is 33.6 Å². The molecule has 0 bridgehead atoms. The average molecular weight is 494 g/mol. The summed E-state index contributed by atoms with van der Waals surface area (Å²) in [6.07, 6.45) is 4.17. The van der Waals surface area contributed by atoms with Crippen LogP contribution in [0.3, 0.4) is 0 Å². The van der Waals surface area contributed by atoms with Gasteiger partial charge < -0.3 is 21.0 Å². The number of β-lactam (4-membered cyclic amide) rings is 1. The van der Waals surface area contributed by atoms with E-state index in [2.05, 4.69) is 25.0 Å². The number of thiazole rings is 1. The number of fused-ring (bicyclic) bond motifs is 1. The molecular formula is C17H15N7O5S3. The van der Waals surface area contributed by atoms with Crippen molar-refractivity contribution in [3.63, 3.8) is 0 Å². The van der Waals surface area contributed by atoms with E-state index in [-0.39, 0.29) is 11.6 Å². The highest BCUT2D eigenvalue weighted by Gasteiger charge is 2.53. The van der Waals surface area contributed by atoms with Gasteiger partial charge in [0.1, 0.15) is 29.0 Å². The fraction of sp³-hybridized carbons (Fsp3) is 0.235. The molecule has 2 unspecified atom stereocenters. The molecule has 2 aliphatic rings. The number of carboxylic acid groups (broad SMARTS) is 1. The van der Waals surface area contributed by atoms with Crippen LogP contribution in [-0.2, 0) is 14.4 Å². The normalized spacial score (nSPS) is 20.5. The zero-order valence-electron chi connectivity index (χ0n) is 16.3. The molecule has 1 saturated heterocycles. The first kappa shape index (κ1) is 21.9. The van der Waals surface area contributed by atoms with Crippen molar-refractivity contribution in [1.82, 2.24) is 24.8 Å². The number of hydrogen-bond donors (Lipinski definition) is 3. The van der Waals surface area contributed by atoms with E-state index in [0.717, 1.165) is 22.4 Å². The van der Waals surface area contributed by atoms with Crippen LogP contribution in [0, 0.1) is 6.92 Å². The summed E-state index contributed by atoms with van der Waals surface area (Å²) in [5, 5.41) is 21.0. The van der Waals surface area contributed by atoms with Crippen molar-refractivity contribution >= 4 is 69.8 Å². The van der Waals surface area contributed by atoms with Crippen molar-refractivity contribution in [2.75, 3.05) is 11.5 Å². The first-order valence-corrected chi connectivity index (χ1v) is 11.7. The number of nitrogens with zero attached hydrogens (tertiary/aromatic N) is 5. The van der Waals surface area contributed by atoms with E-state index in [9.17, 15) is 19.5 Å². The summed E-state index contributed by atoms with van der Waals surface area (Å²) in [5.74, 6) is -1.92. The number of rotatable bonds is 7. The Bertz CT molecular complexity index is 1170. The molecular weight excluding hydrogens is 478 g/mol. The minimum atomic E-state index is -1.22. The maximum atomic E-state index is 12.6. The molecule has 2 aliphatic heterocycles. The van der Waals surface area contributed by atoms with Gasteiger partial charge in [-0.15, -0.1) is 28.2 Å². The summed E-state index contributed by atoms with van der Waals surface area (Å²) < 4.78 is 3.84. The average Bonchev–Trinajstić information content (AvgIpc) is 3.37. The first-order valence-electron chi connectivity index (χ1n) is 8.95. The van der Waals surface area contributed by atoms with E-state index in [1.807, 2.05) is 6.92 Å². The highest BCUT2D eigenvalue weighted by molar-refractivity contribution is 8.00. The summed E-state index contributed by atoms with van der Waals surface area (Å²) in [6.45, 7) is 1.86. The number of carbonyl (C=O) groups is 3. The number of anilines is 1. The summed E-state index contributed by atoms with van der Waals surface area (Å²) in [5.41, 5.74) is 6.47. The van der Waals surface area contributed by atoms with Crippen LogP contribution in [0.2, 0.25) is 0 Å². The minimum absolute atomic E-state index is 0.112. The highest BCUT2D eigenvalue weighted by atomic mass is 32.2. The molecule has 4 rings (SSSR count). The lowest BCUT2D eigenvalue weighted by Crippen LogP contribution is -2.70. The molecule has 0 spiro atoms. The lowest BCUT2D eigenvalue weighted by molar-refractivity contribution is -0.150. The topological polar surface area (TPSA) is 173 Å². The number of thioether (sulfide) groups is 1. The number of oxime groups is 1. The Balaban J connectivity index is 1.42. The quantitative estimate of drug-likeness (QED) is 0.283. The minimum Gasteiger partial charge on any atom is -0.477 e. The zero-order chi connectivity index (χ0) is 22.8. The molecule has 1 fully saturated rings. The Labute approximate surface area is 193 Å². The van der Waals surface area contributed by atoms with Crippen LogP contribution in [0.1, 0.15) is 10.6 Å². The number of nitrogens with one attached hydrogen (secondary N) is 1. The van der Waals surface area contributed by atoms with E-state index in [0.29, 0.717) is 22.2 Å². The van der Waals surface area contributed by atoms with Crippen LogP contribution in [0.4, 0.5) is 5.13 Å². The van der Waals surface area contributed by atoms with E-state index in [1.54, 1.807) is 12.2 Å². The summed E-state index contributed by atoms with van der Waals surface area (Å²) >= 11 is 3.74. The zero-order valence-corrected chi connectivity index (χ0v) is 18.7. The number of aromatic nitrogens is 3. The number of aryl methyl sites for hydroxylation is 1. The lowest BCUT2D eigenvalue weighted by atomic mass is 10.0. The predicted octanol–water partition coefficient (Wildman–Crippen LogP) is 0.702. The van der Waals surface area contributed by atoms with Crippen molar-refractivity contribution in [2.24, 2.45) is 5.16 Å². The van der Waals surface area contributed by atoms with Crippen molar-refractivity contribution in [2.45, 2.75) is 18.3 Å². The second-order valence-electron chi connectivity index (χ2n) is 6.47. The molecule has 15 heteroatoms. The van der Waals surface area contributed by atoms with E-state index in [4.69, 9.17) is 10.6 Å². The van der Waals surface area contributed by atoms with Gasteiger partial charge in [-0.2, -0.15) is 4.98 Å². The van der Waals surface area contributed by atoms with Crippen LogP contribution < -0.4 is 15.9 Å². The molecule has 12 nitrogen and oxygen atoms in total. The highest BCUT2D eigenvalue weighted by Crippen LogP contribution is 2.40. The van der Waals surface area contributed by atoms with Gasteiger partial charge in [0.05, 0.1) is 5.38 Å². The van der Waals surface area contributed by atoms with Crippen LogP contribution in [0.15, 0.2) is 27.9 Å². The van der Waals surface area contributed by atoms with Crippen LogP contribution in [-0.4, -0.2) is 65.7 Å². The van der Waals surface area contributed by atoms with Gasteiger partial charge in [0.2, 0.25) is 0 Å². The van der Waals surface area contributed by atoms with Gasteiger partial charge in [0, 0.05) is 10.6 Å². The third kappa shape index (κ3) is 4.35. The molecule has 4 heterocycles. The molecule has 32 heavy (non-hydrogen) atoms. The second kappa shape index (κ2) is 9.05. The molecule has 4 N–H and O–H groups in total. The fourth-order valence-electron chi connectivity index (χ4n) is 2.98. The molecule has 0 radical (unpaired) electrons. The van der Waals surface area contributed by atoms with Gasteiger partial charge in [-0.05, 0) is 30.1 Å². The van der Waals surface area contributed by atoms with Gasteiger partial charge in [0.15, 0.2) is 5.13 Å². The van der Waals surface area contributed by atoms with Crippen molar-refractivity contribution in [1.29, 1.82) is 0 Å². The molecule has 0 saturated carbocycles. The van der Waals surface area contributed by atoms with Crippen molar-refractivity contribution < 1.29 is 24.3 Å². The Hall–Kier alpha value is -3.30. The lowest BCUT2D eigenvalue weighted by Gasteiger charge is -2.49. The maximum Gasteiger partial charge on any atom is 0.352 e. The largest absolute Gasteiger partial charge is 0.477 e. The predicted molar refractivity (Wildman–Crippen MR) is 119 cm³/mol. The Morgan fingerprint density at radius 2 is 2.25 bits per heavy atom. The number of amides is 2. The van der Waals surface area contributed by atoms with Crippen LogP contribution in [0.5, 0.6) is 5.88 Å². The molecule has 166 valence electrons. The standard InChI is InChI=1S/C17H15N7O5S3/c1-7-9(22-23-32-7)3-2-8-5-30-15-12(14(26)24(15)13(8)16(27)28)20-10(25)4-19-29-11-6-31-17(18)21-11/h2-4,6,12,15H,5H2,1H3,(H2,18,21)(H,20,25)(H,27,28)/b3-2-,19-4-. The number of carboxylic acids is 1. The Morgan fingerprint density at radius 1 is 1.44 bits per heavy atom. The molecule has 2 aromatic heterocycles. The number of nitrogen functional groups attached to an aromatic ring is 1. The summed E-state index contributed by atoms with van der Waals surface area (Å²) in [6, 6.07) is -0.876. The van der Waals surface area contributed by atoms with Crippen LogP contribution in [0.25, 0.3) is 6.08 Å². The SMILES string of the molecule is Cc1snnc1/C=C\C1=C(C(=O)O)N2C(=O)C(NC(=O)/C=N\Oc3csc(N)n3)C2SC1. The molecule has 2 aromatic rings. The third-order valence-electron chi connectivity index (χ3n) is 4.44. The smallest absolute Gasteiger partial charge is 0.352 e. The summed E-state index contributed by atoms with van der Waals surface area (Å²) in [4.78, 5) is 47.4. The van der Waals surface area contributed by atoms with Crippen molar-refractivity contribution in [3.05, 3.63) is 33.3 Å².